The fourth-order valence-electron chi connectivity index (χ4n) is 0.925. The molecule has 7 heteroatoms. The molecule has 13 heavy (non-hydrogen) atoms. The summed E-state index contributed by atoms with van der Waals surface area (Å²) < 4.78 is 0. The summed E-state index contributed by atoms with van der Waals surface area (Å²) in [5, 5.41) is 16.1. The van der Waals surface area contributed by atoms with Gasteiger partial charge in [-0.1, -0.05) is 5.10 Å². The lowest BCUT2D eigenvalue weighted by molar-refractivity contribution is -0.394. The van der Waals surface area contributed by atoms with Crippen LogP contribution in [0.3, 0.4) is 0 Å². The molecule has 0 amide bonds. The topological polar surface area (TPSA) is 100 Å². The van der Waals surface area contributed by atoms with Crippen LogP contribution in [0.5, 0.6) is 0 Å². The summed E-state index contributed by atoms with van der Waals surface area (Å²) in [6, 6.07) is 3.49. The number of nitro groups is 1. The van der Waals surface area contributed by atoms with Crippen molar-refractivity contribution >= 4 is 5.95 Å². The average Bonchev–Trinajstić information content (AvgIpc) is 2.75. The minimum Gasteiger partial charge on any atom is -0.390 e. The highest BCUT2D eigenvalue weighted by Crippen LogP contribution is 2.13. The maximum absolute atomic E-state index is 10.2. The lowest BCUT2D eigenvalue weighted by Crippen LogP contribution is -1.89. The maximum atomic E-state index is 10.2. The molecule has 0 aliphatic heterocycles. The van der Waals surface area contributed by atoms with Crippen LogP contribution in [0.15, 0.2) is 18.3 Å². The molecule has 0 radical (unpaired) electrons. The summed E-state index contributed by atoms with van der Waals surface area (Å²) in [5.74, 6) is -0.0682. The SMILES string of the molecule is O=[N+]([O-])c1nc(-c2ccc[nH]2)n[nH]1. The summed E-state index contributed by atoms with van der Waals surface area (Å²) in [7, 11) is 0. The zero-order valence-electron chi connectivity index (χ0n) is 6.39. The predicted molar refractivity (Wildman–Crippen MR) is 42.8 cm³/mol. The zero-order valence-corrected chi connectivity index (χ0v) is 6.39. The van der Waals surface area contributed by atoms with Gasteiger partial charge in [0, 0.05) is 6.20 Å². The first kappa shape index (κ1) is 7.47. The first-order valence-corrected chi connectivity index (χ1v) is 3.48. The van der Waals surface area contributed by atoms with Gasteiger partial charge in [-0.15, -0.1) is 5.10 Å². The van der Waals surface area contributed by atoms with Gasteiger partial charge < -0.3 is 15.1 Å². The Morgan fingerprint density at radius 1 is 1.54 bits per heavy atom. The van der Waals surface area contributed by atoms with Crippen LogP contribution in [0.4, 0.5) is 5.95 Å². The third-order valence-corrected chi connectivity index (χ3v) is 1.49. The van der Waals surface area contributed by atoms with Crippen molar-refractivity contribution in [2.24, 2.45) is 0 Å². The summed E-state index contributed by atoms with van der Waals surface area (Å²) >= 11 is 0. The van der Waals surface area contributed by atoms with E-state index in [1.807, 2.05) is 0 Å². The van der Waals surface area contributed by atoms with Gasteiger partial charge in [0.2, 0.25) is 0 Å². The summed E-state index contributed by atoms with van der Waals surface area (Å²) in [6.07, 6.45) is 1.69. The quantitative estimate of drug-likeness (QED) is 0.523. The van der Waals surface area contributed by atoms with Gasteiger partial charge in [0.1, 0.15) is 5.69 Å². The van der Waals surface area contributed by atoms with E-state index in [-0.39, 0.29) is 11.8 Å². The second kappa shape index (κ2) is 2.70. The van der Waals surface area contributed by atoms with Gasteiger partial charge in [-0.2, -0.15) is 0 Å². The van der Waals surface area contributed by atoms with Crippen LogP contribution in [0.1, 0.15) is 0 Å². The van der Waals surface area contributed by atoms with Crippen molar-refractivity contribution in [3.8, 4) is 11.5 Å². The molecule has 0 bridgehead atoms. The molecule has 0 aliphatic rings. The molecular formula is C6H5N5O2. The van der Waals surface area contributed by atoms with E-state index in [9.17, 15) is 10.1 Å². The molecule has 66 valence electrons. The summed E-state index contributed by atoms with van der Waals surface area (Å²) in [6.45, 7) is 0. The zero-order chi connectivity index (χ0) is 9.26. The van der Waals surface area contributed by atoms with Gasteiger partial charge in [-0.3, -0.25) is 0 Å². The van der Waals surface area contributed by atoms with Gasteiger partial charge in [0.25, 0.3) is 5.82 Å². The van der Waals surface area contributed by atoms with Crippen molar-refractivity contribution in [1.82, 2.24) is 20.2 Å². The van der Waals surface area contributed by atoms with E-state index in [1.165, 1.54) is 0 Å². The number of aromatic nitrogens is 4. The van der Waals surface area contributed by atoms with E-state index in [0.29, 0.717) is 5.69 Å². The molecule has 0 spiro atoms. The molecule has 0 aliphatic carbocycles. The first-order valence-electron chi connectivity index (χ1n) is 3.48. The maximum Gasteiger partial charge on any atom is 0.453 e. The number of hydrogen-bond acceptors (Lipinski definition) is 4. The van der Waals surface area contributed by atoms with Crippen LogP contribution in [0.2, 0.25) is 0 Å². The Labute approximate surface area is 72.0 Å². The highest BCUT2D eigenvalue weighted by molar-refractivity contribution is 5.49. The number of hydrogen-bond donors (Lipinski definition) is 2. The Bertz CT molecular complexity index is 418. The van der Waals surface area contributed by atoms with Crippen molar-refractivity contribution in [3.05, 3.63) is 28.4 Å². The van der Waals surface area contributed by atoms with Crippen LogP contribution in [0, 0.1) is 10.1 Å². The second-order valence-corrected chi connectivity index (χ2v) is 2.32. The van der Waals surface area contributed by atoms with Gasteiger partial charge >= 0.3 is 5.95 Å². The van der Waals surface area contributed by atoms with Crippen molar-refractivity contribution < 1.29 is 4.92 Å². The van der Waals surface area contributed by atoms with E-state index in [1.54, 1.807) is 18.3 Å². The smallest absolute Gasteiger partial charge is 0.390 e. The van der Waals surface area contributed by atoms with Crippen LogP contribution in [-0.2, 0) is 0 Å². The molecule has 7 nitrogen and oxygen atoms in total. The minimum atomic E-state index is -0.626. The van der Waals surface area contributed by atoms with Gasteiger partial charge in [-0.25, -0.2) is 0 Å². The van der Waals surface area contributed by atoms with Crippen LogP contribution >= 0.6 is 0 Å². The Hall–Kier alpha value is -2.18. The predicted octanol–water partition coefficient (Wildman–Crippen LogP) is 0.708. The van der Waals surface area contributed by atoms with E-state index in [4.69, 9.17) is 0 Å². The number of aromatic amines is 2. The highest BCUT2D eigenvalue weighted by Gasteiger charge is 2.15. The normalized spacial score (nSPS) is 10.2. The van der Waals surface area contributed by atoms with E-state index < -0.39 is 4.92 Å². The number of nitrogens with one attached hydrogen (secondary N) is 2. The Kier molecular flexibility index (Phi) is 1.55. The lowest BCUT2D eigenvalue weighted by Gasteiger charge is -1.84. The van der Waals surface area contributed by atoms with Crippen molar-refractivity contribution in [3.63, 3.8) is 0 Å². The first-order chi connectivity index (χ1) is 6.27. The molecule has 0 aromatic carbocycles. The monoisotopic (exact) mass is 179 g/mol. The van der Waals surface area contributed by atoms with Crippen LogP contribution < -0.4 is 0 Å². The number of H-pyrrole nitrogens is 2. The Morgan fingerprint density at radius 3 is 2.92 bits per heavy atom. The lowest BCUT2D eigenvalue weighted by atomic mass is 10.4. The van der Waals surface area contributed by atoms with Crippen LogP contribution in [0.25, 0.3) is 11.5 Å². The molecule has 2 aromatic heterocycles. The third kappa shape index (κ3) is 1.26. The molecule has 0 saturated heterocycles. The van der Waals surface area contributed by atoms with E-state index in [2.05, 4.69) is 20.2 Å². The highest BCUT2D eigenvalue weighted by atomic mass is 16.6. The molecule has 2 heterocycles. The van der Waals surface area contributed by atoms with Gasteiger partial charge in [0.05, 0.1) is 0 Å². The Balaban J connectivity index is 2.39. The molecule has 0 atom stereocenters. The molecule has 0 fully saturated rings. The average molecular weight is 179 g/mol. The Morgan fingerprint density at radius 2 is 2.38 bits per heavy atom. The van der Waals surface area contributed by atoms with Crippen LogP contribution in [-0.4, -0.2) is 25.1 Å². The number of rotatable bonds is 2. The molecule has 0 unspecified atom stereocenters. The molecule has 2 aromatic rings. The molecule has 2 N–H and O–H groups in total. The second-order valence-electron chi connectivity index (χ2n) is 2.32. The fraction of sp³-hybridized carbons (Fsp3) is 0. The fourth-order valence-corrected chi connectivity index (χ4v) is 0.925. The van der Waals surface area contributed by atoms with Gasteiger partial charge in [0.15, 0.2) is 0 Å². The largest absolute Gasteiger partial charge is 0.453 e. The van der Waals surface area contributed by atoms with E-state index in [0.717, 1.165) is 0 Å². The van der Waals surface area contributed by atoms with E-state index >= 15 is 0 Å². The molecular weight excluding hydrogens is 174 g/mol. The summed E-state index contributed by atoms with van der Waals surface area (Å²) in [5.41, 5.74) is 0.643. The summed E-state index contributed by atoms with van der Waals surface area (Å²) in [4.78, 5) is 16.1. The number of nitrogens with zero attached hydrogens (tertiary/aromatic N) is 3. The van der Waals surface area contributed by atoms with Gasteiger partial charge in [-0.05, 0) is 22.0 Å². The minimum absolute atomic E-state index is 0.289. The van der Waals surface area contributed by atoms with Crippen molar-refractivity contribution in [1.29, 1.82) is 0 Å². The molecule has 2 rings (SSSR count). The van der Waals surface area contributed by atoms with Crippen molar-refractivity contribution in [2.75, 3.05) is 0 Å². The van der Waals surface area contributed by atoms with Crippen molar-refractivity contribution in [2.45, 2.75) is 0 Å². The third-order valence-electron chi connectivity index (χ3n) is 1.49. The standard InChI is InChI=1S/C6H5N5O2/c12-11(13)6-8-5(9-10-6)4-2-1-3-7-4/h1-3,7H,(H,8,9,10). The molecule has 0 saturated carbocycles.